The van der Waals surface area contributed by atoms with Crippen LogP contribution in [0.25, 0.3) is 0 Å². The molecular weight excluding hydrogens is 441 g/mol. The summed E-state index contributed by atoms with van der Waals surface area (Å²) in [5.41, 5.74) is 2.13. The quantitative estimate of drug-likeness (QED) is 0.410. The van der Waals surface area contributed by atoms with Gasteiger partial charge in [0.15, 0.2) is 5.96 Å². The molecule has 0 radical (unpaired) electrons. The number of aryl methyl sites for hydroxylation is 1. The minimum atomic E-state index is -0.211. The number of aromatic nitrogens is 2. The van der Waals surface area contributed by atoms with Gasteiger partial charge in [0.1, 0.15) is 11.4 Å². The highest BCUT2D eigenvalue weighted by Gasteiger charge is 2.33. The van der Waals surface area contributed by atoms with Crippen LogP contribution in [0.5, 0.6) is 5.75 Å². The lowest BCUT2D eigenvalue weighted by Gasteiger charge is -2.38. The first kappa shape index (κ1) is 20.5. The molecule has 2 aromatic rings. The van der Waals surface area contributed by atoms with Crippen LogP contribution in [0.2, 0.25) is 0 Å². The number of hydrogen-bond donors (Lipinski definition) is 2. The van der Waals surface area contributed by atoms with Crippen molar-refractivity contribution in [3.05, 3.63) is 47.8 Å². The van der Waals surface area contributed by atoms with Crippen molar-refractivity contribution < 1.29 is 4.74 Å². The Kier molecular flexibility index (Phi) is 6.91. The number of hydrogen-bond acceptors (Lipinski definition) is 3. The number of rotatable bonds is 4. The van der Waals surface area contributed by atoms with Gasteiger partial charge in [0, 0.05) is 31.8 Å². The minimum Gasteiger partial charge on any atom is -0.487 e. The van der Waals surface area contributed by atoms with E-state index in [4.69, 9.17) is 4.74 Å². The Balaban J connectivity index is 0.00000243. The maximum atomic E-state index is 6.09. The SMILES string of the molecule is CN=C(NCCn1cc(C)cn1)NC1CC(C)(C)Oc2ccccc21.I. The molecular formula is C19H28IN5O. The predicted octanol–water partition coefficient (Wildman–Crippen LogP) is 3.28. The summed E-state index contributed by atoms with van der Waals surface area (Å²) in [7, 11) is 1.80. The molecule has 0 saturated heterocycles. The van der Waals surface area contributed by atoms with Gasteiger partial charge in [-0.1, -0.05) is 18.2 Å². The van der Waals surface area contributed by atoms with Crippen molar-refractivity contribution >= 4 is 29.9 Å². The zero-order valence-electron chi connectivity index (χ0n) is 15.8. The number of ether oxygens (including phenoxy) is 1. The van der Waals surface area contributed by atoms with Gasteiger partial charge in [-0.3, -0.25) is 9.67 Å². The van der Waals surface area contributed by atoms with Crippen molar-refractivity contribution in [2.75, 3.05) is 13.6 Å². The first-order chi connectivity index (χ1) is 12.0. The Morgan fingerprint density at radius 2 is 2.15 bits per heavy atom. The van der Waals surface area contributed by atoms with E-state index in [0.717, 1.165) is 31.2 Å². The number of nitrogens with one attached hydrogen (secondary N) is 2. The Morgan fingerprint density at radius 3 is 2.85 bits per heavy atom. The summed E-state index contributed by atoms with van der Waals surface area (Å²) >= 11 is 0. The van der Waals surface area contributed by atoms with E-state index < -0.39 is 0 Å². The summed E-state index contributed by atoms with van der Waals surface area (Å²) in [5, 5.41) is 11.2. The molecule has 0 bridgehead atoms. The molecule has 1 aliphatic heterocycles. The Labute approximate surface area is 172 Å². The average Bonchev–Trinajstić information content (AvgIpc) is 2.98. The van der Waals surface area contributed by atoms with E-state index in [9.17, 15) is 0 Å². The van der Waals surface area contributed by atoms with Crippen molar-refractivity contribution in [2.24, 2.45) is 4.99 Å². The number of fused-ring (bicyclic) bond motifs is 1. The first-order valence-corrected chi connectivity index (χ1v) is 8.71. The summed E-state index contributed by atoms with van der Waals surface area (Å²) in [5.74, 6) is 1.74. The highest BCUT2D eigenvalue weighted by atomic mass is 127. The predicted molar refractivity (Wildman–Crippen MR) is 115 cm³/mol. The van der Waals surface area contributed by atoms with Gasteiger partial charge in [-0.25, -0.2) is 0 Å². The molecule has 2 heterocycles. The van der Waals surface area contributed by atoms with Gasteiger partial charge >= 0.3 is 0 Å². The lowest BCUT2D eigenvalue weighted by Crippen LogP contribution is -2.45. The van der Waals surface area contributed by atoms with Crippen LogP contribution in [0.3, 0.4) is 0 Å². The van der Waals surface area contributed by atoms with Crippen LogP contribution in [-0.4, -0.2) is 34.9 Å². The van der Waals surface area contributed by atoms with Crippen LogP contribution in [0.4, 0.5) is 0 Å². The van der Waals surface area contributed by atoms with Gasteiger partial charge in [0.25, 0.3) is 0 Å². The molecule has 3 rings (SSSR count). The third-order valence-corrected chi connectivity index (χ3v) is 4.31. The highest BCUT2D eigenvalue weighted by molar-refractivity contribution is 14.0. The van der Waals surface area contributed by atoms with Crippen LogP contribution in [-0.2, 0) is 6.54 Å². The number of para-hydroxylation sites is 1. The molecule has 6 nitrogen and oxygen atoms in total. The zero-order chi connectivity index (χ0) is 17.9. The first-order valence-electron chi connectivity index (χ1n) is 8.71. The second-order valence-corrected chi connectivity index (χ2v) is 7.08. The molecule has 0 aliphatic carbocycles. The fourth-order valence-corrected chi connectivity index (χ4v) is 3.17. The third kappa shape index (κ3) is 5.12. The molecule has 2 N–H and O–H groups in total. The van der Waals surface area contributed by atoms with Gasteiger partial charge in [0.05, 0.1) is 18.8 Å². The Hall–Kier alpha value is -1.77. The van der Waals surface area contributed by atoms with Crippen molar-refractivity contribution in [1.82, 2.24) is 20.4 Å². The number of halogens is 1. The molecule has 1 aliphatic rings. The number of nitrogens with zero attached hydrogens (tertiary/aromatic N) is 3. The van der Waals surface area contributed by atoms with Crippen LogP contribution in [0.15, 0.2) is 41.7 Å². The summed E-state index contributed by atoms with van der Waals surface area (Å²) in [6.45, 7) is 7.84. The molecule has 1 aromatic carbocycles. The second kappa shape index (κ2) is 8.75. The van der Waals surface area contributed by atoms with Crippen molar-refractivity contribution in [2.45, 2.75) is 45.4 Å². The molecule has 0 saturated carbocycles. The van der Waals surface area contributed by atoms with Crippen LogP contribution in [0.1, 0.15) is 37.4 Å². The molecule has 26 heavy (non-hydrogen) atoms. The molecule has 0 fully saturated rings. The number of guanidine groups is 1. The van der Waals surface area contributed by atoms with Crippen molar-refractivity contribution in [1.29, 1.82) is 0 Å². The van der Waals surface area contributed by atoms with E-state index in [1.807, 2.05) is 42.2 Å². The van der Waals surface area contributed by atoms with E-state index in [2.05, 4.69) is 40.6 Å². The smallest absolute Gasteiger partial charge is 0.191 e. The molecule has 1 unspecified atom stereocenters. The monoisotopic (exact) mass is 469 g/mol. The lowest BCUT2D eigenvalue weighted by atomic mass is 9.90. The standard InChI is InChI=1S/C19H27N5O.HI/c1-14-12-22-24(13-14)10-9-21-18(20-4)23-16-11-19(2,3)25-17-8-6-5-7-15(16)17;/h5-8,12-13,16H,9-11H2,1-4H3,(H2,20,21,23);1H. The zero-order valence-corrected chi connectivity index (χ0v) is 18.2. The lowest BCUT2D eigenvalue weighted by molar-refractivity contribution is 0.0694. The topological polar surface area (TPSA) is 63.5 Å². The molecule has 1 atom stereocenters. The van der Waals surface area contributed by atoms with Gasteiger partial charge < -0.3 is 15.4 Å². The fourth-order valence-electron chi connectivity index (χ4n) is 3.17. The Bertz CT molecular complexity index is 756. The fraction of sp³-hybridized carbons (Fsp3) is 0.474. The van der Waals surface area contributed by atoms with Crippen LogP contribution >= 0.6 is 24.0 Å². The second-order valence-electron chi connectivity index (χ2n) is 7.08. The Morgan fingerprint density at radius 1 is 1.38 bits per heavy atom. The van der Waals surface area contributed by atoms with Crippen LogP contribution in [0, 0.1) is 6.92 Å². The van der Waals surface area contributed by atoms with Gasteiger partial charge in [-0.2, -0.15) is 5.10 Å². The molecule has 0 spiro atoms. The number of aliphatic imine (C=N–C) groups is 1. The third-order valence-electron chi connectivity index (χ3n) is 4.31. The normalized spacial score (nSPS) is 18.3. The summed E-state index contributed by atoms with van der Waals surface area (Å²) in [6.07, 6.45) is 4.78. The average molecular weight is 469 g/mol. The maximum Gasteiger partial charge on any atom is 0.191 e. The van der Waals surface area contributed by atoms with Crippen molar-refractivity contribution in [3.63, 3.8) is 0 Å². The van der Waals surface area contributed by atoms with E-state index in [1.165, 1.54) is 11.1 Å². The highest BCUT2D eigenvalue weighted by Crippen LogP contribution is 2.39. The van der Waals surface area contributed by atoms with Gasteiger partial charge in [-0.15, -0.1) is 24.0 Å². The van der Waals surface area contributed by atoms with E-state index in [0.29, 0.717) is 0 Å². The van der Waals surface area contributed by atoms with E-state index in [1.54, 1.807) is 7.05 Å². The van der Waals surface area contributed by atoms with Crippen LogP contribution < -0.4 is 15.4 Å². The minimum absolute atomic E-state index is 0. The summed E-state index contributed by atoms with van der Waals surface area (Å²) < 4.78 is 8.03. The van der Waals surface area contributed by atoms with Crippen molar-refractivity contribution in [3.8, 4) is 5.75 Å². The largest absolute Gasteiger partial charge is 0.487 e. The van der Waals surface area contributed by atoms with Gasteiger partial charge in [0.2, 0.25) is 0 Å². The molecule has 0 amide bonds. The summed E-state index contributed by atoms with van der Waals surface area (Å²) in [4.78, 5) is 4.36. The van der Waals surface area contributed by atoms with E-state index >= 15 is 0 Å². The molecule has 142 valence electrons. The summed E-state index contributed by atoms with van der Waals surface area (Å²) in [6, 6.07) is 8.36. The maximum absolute atomic E-state index is 6.09. The van der Waals surface area contributed by atoms with Gasteiger partial charge in [-0.05, 0) is 32.4 Å². The molecule has 7 heteroatoms. The number of benzene rings is 1. The van der Waals surface area contributed by atoms with E-state index in [-0.39, 0.29) is 35.6 Å². The molecule has 1 aromatic heterocycles.